The molecular weight excluding hydrogens is 206 g/mol. The van der Waals surface area contributed by atoms with Gasteiger partial charge in [-0.15, -0.1) is 0 Å². The van der Waals surface area contributed by atoms with Crippen LogP contribution >= 0.6 is 0 Å². The molecule has 0 saturated heterocycles. The first-order valence-electron chi connectivity index (χ1n) is 4.95. The molecule has 1 aromatic rings. The molecule has 0 aliphatic heterocycles. The molecule has 1 atom stereocenters. The second-order valence-electron chi connectivity index (χ2n) is 3.21. The quantitative estimate of drug-likeness (QED) is 0.808. The highest BCUT2D eigenvalue weighted by Crippen LogP contribution is 2.01. The van der Waals surface area contributed by atoms with Crippen molar-refractivity contribution in [2.75, 3.05) is 13.7 Å². The maximum absolute atomic E-state index is 10.7. The normalized spacial score (nSPS) is 12.4. The number of methoxy groups -OCH3 is 1. The molecule has 1 unspecified atom stereocenters. The molecule has 2 N–H and O–H groups in total. The van der Waals surface area contributed by atoms with Crippen molar-refractivity contribution in [1.82, 2.24) is 5.32 Å². The molecule has 4 heteroatoms. The fourth-order valence-corrected chi connectivity index (χ4v) is 1.11. The zero-order valence-corrected chi connectivity index (χ0v) is 9.09. The summed E-state index contributed by atoms with van der Waals surface area (Å²) in [4.78, 5) is 10.7. The summed E-state index contributed by atoms with van der Waals surface area (Å²) in [6.45, 7) is 0.135. The molecule has 1 aromatic carbocycles. The van der Waals surface area contributed by atoms with E-state index in [4.69, 9.17) is 0 Å². The van der Waals surface area contributed by atoms with E-state index in [0.29, 0.717) is 0 Å². The van der Waals surface area contributed by atoms with E-state index in [2.05, 4.69) is 10.1 Å². The van der Waals surface area contributed by atoms with Gasteiger partial charge in [0.2, 0.25) is 0 Å². The average molecular weight is 221 g/mol. The zero-order valence-electron chi connectivity index (χ0n) is 9.09. The van der Waals surface area contributed by atoms with Crippen molar-refractivity contribution in [2.24, 2.45) is 0 Å². The fourth-order valence-electron chi connectivity index (χ4n) is 1.11. The second-order valence-corrected chi connectivity index (χ2v) is 3.21. The number of alkyl carbamates (subject to hydrolysis) is 1. The number of carbonyl (C=O) groups excluding carboxylic acids is 1. The lowest BCUT2D eigenvalue weighted by Gasteiger charge is -2.06. The van der Waals surface area contributed by atoms with E-state index in [-0.39, 0.29) is 6.54 Å². The number of hydrogen-bond donors (Lipinski definition) is 2. The van der Waals surface area contributed by atoms with Crippen LogP contribution in [0.15, 0.2) is 36.4 Å². The highest BCUT2D eigenvalue weighted by molar-refractivity contribution is 5.66. The van der Waals surface area contributed by atoms with Crippen molar-refractivity contribution >= 4 is 12.2 Å². The van der Waals surface area contributed by atoms with Crippen LogP contribution in [-0.2, 0) is 4.74 Å². The number of hydrogen-bond acceptors (Lipinski definition) is 3. The van der Waals surface area contributed by atoms with Crippen molar-refractivity contribution in [3.8, 4) is 0 Å². The third kappa shape index (κ3) is 4.61. The Morgan fingerprint density at radius 3 is 2.81 bits per heavy atom. The highest BCUT2D eigenvalue weighted by atomic mass is 16.5. The van der Waals surface area contributed by atoms with Gasteiger partial charge in [-0.2, -0.15) is 0 Å². The Balaban J connectivity index is 2.37. The van der Waals surface area contributed by atoms with Gasteiger partial charge in [0.05, 0.1) is 19.8 Å². The van der Waals surface area contributed by atoms with Gasteiger partial charge < -0.3 is 15.2 Å². The van der Waals surface area contributed by atoms with Gasteiger partial charge in [0.25, 0.3) is 0 Å². The predicted molar refractivity (Wildman–Crippen MR) is 61.9 cm³/mol. The summed E-state index contributed by atoms with van der Waals surface area (Å²) in [6, 6.07) is 9.61. The third-order valence-corrected chi connectivity index (χ3v) is 1.95. The molecule has 0 heterocycles. The Morgan fingerprint density at radius 1 is 1.50 bits per heavy atom. The maximum atomic E-state index is 10.7. The van der Waals surface area contributed by atoms with Gasteiger partial charge in [0.1, 0.15) is 0 Å². The van der Waals surface area contributed by atoms with Crippen molar-refractivity contribution in [3.63, 3.8) is 0 Å². The maximum Gasteiger partial charge on any atom is 0.406 e. The van der Waals surface area contributed by atoms with Crippen molar-refractivity contribution in [2.45, 2.75) is 6.10 Å². The second kappa shape index (κ2) is 6.63. The molecule has 0 aliphatic carbocycles. The van der Waals surface area contributed by atoms with Crippen LogP contribution in [0.5, 0.6) is 0 Å². The van der Waals surface area contributed by atoms with E-state index in [1.165, 1.54) is 7.11 Å². The van der Waals surface area contributed by atoms with Crippen LogP contribution in [0.3, 0.4) is 0 Å². The first kappa shape index (κ1) is 12.3. The van der Waals surface area contributed by atoms with E-state index < -0.39 is 12.2 Å². The number of aliphatic hydroxyl groups excluding tert-OH is 1. The zero-order chi connectivity index (χ0) is 11.8. The number of benzene rings is 1. The Morgan fingerprint density at radius 2 is 2.19 bits per heavy atom. The lowest BCUT2D eigenvalue weighted by Crippen LogP contribution is -2.30. The first-order valence-corrected chi connectivity index (χ1v) is 4.95. The van der Waals surface area contributed by atoms with E-state index in [1.54, 1.807) is 12.2 Å². The number of amides is 1. The molecule has 0 aromatic heterocycles. The standard InChI is InChI=1S/C12H15NO3/c1-16-12(15)13-9-11(14)8-7-10-5-3-2-4-6-10/h2-8,11,14H,9H2,1H3,(H,13,15)/b8-7+. The number of rotatable bonds is 4. The summed E-state index contributed by atoms with van der Waals surface area (Å²) in [5.74, 6) is 0. The molecule has 86 valence electrons. The topological polar surface area (TPSA) is 58.6 Å². The molecule has 0 spiro atoms. The number of nitrogens with one attached hydrogen (secondary N) is 1. The highest BCUT2D eigenvalue weighted by Gasteiger charge is 2.02. The fraction of sp³-hybridized carbons (Fsp3) is 0.250. The molecule has 1 rings (SSSR count). The van der Waals surface area contributed by atoms with Gasteiger partial charge >= 0.3 is 6.09 Å². The molecule has 0 saturated carbocycles. The largest absolute Gasteiger partial charge is 0.453 e. The van der Waals surface area contributed by atoms with Gasteiger partial charge in [0.15, 0.2) is 0 Å². The van der Waals surface area contributed by atoms with Crippen LogP contribution in [0.1, 0.15) is 5.56 Å². The Kier molecular flexibility index (Phi) is 5.08. The summed E-state index contributed by atoms with van der Waals surface area (Å²) in [5.41, 5.74) is 1.000. The average Bonchev–Trinajstić information content (AvgIpc) is 2.34. The minimum Gasteiger partial charge on any atom is -0.453 e. The molecule has 1 amide bonds. The van der Waals surface area contributed by atoms with Gasteiger partial charge in [-0.3, -0.25) is 0 Å². The molecule has 0 fully saturated rings. The van der Waals surface area contributed by atoms with Gasteiger partial charge in [-0.05, 0) is 5.56 Å². The summed E-state index contributed by atoms with van der Waals surface area (Å²) in [5, 5.41) is 11.9. The van der Waals surface area contributed by atoms with Crippen LogP contribution < -0.4 is 5.32 Å². The van der Waals surface area contributed by atoms with Crippen LogP contribution in [0.25, 0.3) is 6.08 Å². The van der Waals surface area contributed by atoms with Gasteiger partial charge in [0, 0.05) is 0 Å². The van der Waals surface area contributed by atoms with E-state index in [1.807, 2.05) is 30.3 Å². The monoisotopic (exact) mass is 221 g/mol. The Labute approximate surface area is 94.6 Å². The summed E-state index contributed by atoms with van der Waals surface area (Å²) in [6.07, 6.45) is 2.14. The summed E-state index contributed by atoms with van der Waals surface area (Å²) < 4.78 is 4.38. The first-order chi connectivity index (χ1) is 7.72. The van der Waals surface area contributed by atoms with E-state index in [0.717, 1.165) is 5.56 Å². The molecule has 0 bridgehead atoms. The molecule has 16 heavy (non-hydrogen) atoms. The molecule has 0 radical (unpaired) electrons. The third-order valence-electron chi connectivity index (χ3n) is 1.95. The minimum atomic E-state index is -0.723. The summed E-state index contributed by atoms with van der Waals surface area (Å²) in [7, 11) is 1.28. The minimum absolute atomic E-state index is 0.135. The molecule has 4 nitrogen and oxygen atoms in total. The number of carbonyl (C=O) groups is 1. The van der Waals surface area contributed by atoms with Gasteiger partial charge in [-0.25, -0.2) is 4.79 Å². The lowest BCUT2D eigenvalue weighted by atomic mass is 10.2. The molecular formula is C12H15NO3. The van der Waals surface area contributed by atoms with Crippen LogP contribution in [0.4, 0.5) is 4.79 Å². The Bertz CT molecular complexity index is 349. The van der Waals surface area contributed by atoms with Crippen LogP contribution in [0, 0.1) is 0 Å². The lowest BCUT2D eigenvalue weighted by molar-refractivity contribution is 0.160. The van der Waals surface area contributed by atoms with Crippen molar-refractivity contribution < 1.29 is 14.6 Å². The number of aliphatic hydroxyl groups is 1. The SMILES string of the molecule is COC(=O)NCC(O)/C=C/c1ccccc1. The smallest absolute Gasteiger partial charge is 0.406 e. The number of ether oxygens (including phenoxy) is 1. The van der Waals surface area contributed by atoms with Crippen LogP contribution in [-0.4, -0.2) is 31.0 Å². The molecule has 0 aliphatic rings. The summed E-state index contributed by atoms with van der Waals surface area (Å²) >= 11 is 0. The van der Waals surface area contributed by atoms with Gasteiger partial charge in [-0.1, -0.05) is 42.5 Å². The Hall–Kier alpha value is -1.81. The van der Waals surface area contributed by atoms with Crippen molar-refractivity contribution in [1.29, 1.82) is 0 Å². The predicted octanol–water partition coefficient (Wildman–Crippen LogP) is 1.42. The van der Waals surface area contributed by atoms with E-state index in [9.17, 15) is 9.90 Å². The van der Waals surface area contributed by atoms with Crippen LogP contribution in [0.2, 0.25) is 0 Å². The van der Waals surface area contributed by atoms with E-state index >= 15 is 0 Å². The van der Waals surface area contributed by atoms with Crippen molar-refractivity contribution in [3.05, 3.63) is 42.0 Å².